The molecule has 0 amide bonds. The van der Waals surface area contributed by atoms with Crippen LogP contribution in [0.2, 0.25) is 0 Å². The van der Waals surface area contributed by atoms with Crippen molar-refractivity contribution in [3.05, 3.63) is 42.5 Å². The van der Waals surface area contributed by atoms with Gasteiger partial charge in [-0.2, -0.15) is 0 Å². The summed E-state index contributed by atoms with van der Waals surface area (Å²) in [5, 5.41) is 0. The molecular formula is C15H23NU. The Labute approximate surface area is 130 Å². The molecule has 1 aromatic rings. The van der Waals surface area contributed by atoms with Crippen LogP contribution in [-0.4, -0.2) is 0 Å². The zero-order chi connectivity index (χ0) is 11.3. The summed E-state index contributed by atoms with van der Waals surface area (Å²) >= 11 is 0. The van der Waals surface area contributed by atoms with Gasteiger partial charge < -0.3 is 13.2 Å². The number of hydrogen-bond acceptors (Lipinski definition) is 0. The summed E-state index contributed by atoms with van der Waals surface area (Å²) < 4.78 is 0. The Morgan fingerprint density at radius 1 is 0.941 bits per heavy atom. The van der Waals surface area contributed by atoms with Crippen LogP contribution in [0.25, 0.3) is 5.73 Å². The van der Waals surface area contributed by atoms with Gasteiger partial charge in [0.05, 0.1) is 0 Å². The third-order valence-corrected chi connectivity index (χ3v) is 3.85. The van der Waals surface area contributed by atoms with Crippen LogP contribution < -0.4 is 0 Å². The van der Waals surface area contributed by atoms with E-state index in [1.807, 2.05) is 6.07 Å². The number of hydrogen-bond donors (Lipinski definition) is 0. The van der Waals surface area contributed by atoms with Crippen molar-refractivity contribution in [2.45, 2.75) is 51.4 Å². The molecule has 0 atom stereocenters. The third kappa shape index (κ3) is 3.09. The van der Waals surface area contributed by atoms with Crippen LogP contribution in [0.1, 0.15) is 51.7 Å². The first kappa shape index (κ1) is 17.1. The van der Waals surface area contributed by atoms with Gasteiger partial charge in [0.15, 0.2) is 0 Å². The molecule has 0 saturated carbocycles. The van der Waals surface area contributed by atoms with Crippen LogP contribution in [-0.2, 0) is 10.8 Å². The van der Waals surface area contributed by atoms with Gasteiger partial charge in [0.1, 0.15) is 0 Å². The maximum absolute atomic E-state index is 7.74. The van der Waals surface area contributed by atoms with E-state index in [1.165, 1.54) is 24.0 Å². The Bertz CT molecular complexity index is 394. The van der Waals surface area contributed by atoms with Crippen molar-refractivity contribution < 1.29 is 31.1 Å². The van der Waals surface area contributed by atoms with E-state index < -0.39 is 0 Å². The van der Waals surface area contributed by atoms with Crippen LogP contribution in [0.5, 0.6) is 0 Å². The second-order valence-corrected chi connectivity index (χ2v) is 6.03. The molecule has 0 aromatic heterocycles. The average molecular weight is 455 g/mol. The number of benzene rings is 1. The van der Waals surface area contributed by atoms with E-state index in [-0.39, 0.29) is 49.4 Å². The van der Waals surface area contributed by atoms with Crippen LogP contribution in [0.15, 0.2) is 18.2 Å². The van der Waals surface area contributed by atoms with Gasteiger partial charge >= 0.3 is 31.1 Å². The van der Waals surface area contributed by atoms with Crippen molar-refractivity contribution in [1.29, 1.82) is 0 Å². The molecule has 1 aliphatic rings. The molecule has 92 valence electrons. The van der Waals surface area contributed by atoms with Gasteiger partial charge in [0.25, 0.3) is 0 Å². The summed E-state index contributed by atoms with van der Waals surface area (Å²) in [6.07, 6.45) is 2.46. The molecule has 0 saturated heterocycles. The Hall–Kier alpha value is 0.0719. The van der Waals surface area contributed by atoms with Gasteiger partial charge in [0, 0.05) is 0 Å². The summed E-state index contributed by atoms with van der Waals surface area (Å²) in [4.78, 5) is 0. The second-order valence-electron chi connectivity index (χ2n) is 6.03. The van der Waals surface area contributed by atoms with E-state index in [0.29, 0.717) is 5.69 Å². The van der Waals surface area contributed by atoms with Crippen molar-refractivity contribution in [2.75, 3.05) is 0 Å². The fourth-order valence-electron chi connectivity index (χ4n) is 2.59. The molecule has 2 heteroatoms. The van der Waals surface area contributed by atoms with E-state index in [1.54, 1.807) is 0 Å². The van der Waals surface area contributed by atoms with Gasteiger partial charge in [-0.1, -0.05) is 45.9 Å². The standard InChI is InChI=1S/C14H20N.CH3.U/c1-13(2)7-8-14(3,4)12-9-10(15)5-6-11(12)13;;/h5-6,9,15H,7-8H2,1-4H3;1H3;/q2*-1;+2. The molecule has 0 bridgehead atoms. The van der Waals surface area contributed by atoms with Gasteiger partial charge in [-0.15, -0.1) is 5.69 Å². The molecule has 1 N–H and O–H groups in total. The summed E-state index contributed by atoms with van der Waals surface area (Å²) in [6, 6.07) is 6.12. The number of fused-ring (bicyclic) bond motifs is 1. The van der Waals surface area contributed by atoms with Gasteiger partial charge in [-0.05, 0) is 34.8 Å². The average Bonchev–Trinajstić information content (AvgIpc) is 2.13. The third-order valence-electron chi connectivity index (χ3n) is 3.85. The summed E-state index contributed by atoms with van der Waals surface area (Å²) in [5.74, 6) is 0. The summed E-state index contributed by atoms with van der Waals surface area (Å²) in [6.45, 7) is 9.20. The van der Waals surface area contributed by atoms with Gasteiger partial charge in [0.2, 0.25) is 0 Å². The molecule has 1 aliphatic carbocycles. The molecule has 2 rings (SSSR count). The van der Waals surface area contributed by atoms with Gasteiger partial charge in [-0.3, -0.25) is 0 Å². The maximum Gasteiger partial charge on any atom is 2.00 e. The molecule has 0 heterocycles. The fourth-order valence-corrected chi connectivity index (χ4v) is 2.59. The molecule has 0 unspecified atom stereocenters. The van der Waals surface area contributed by atoms with Crippen molar-refractivity contribution in [3.63, 3.8) is 0 Å². The van der Waals surface area contributed by atoms with E-state index in [0.717, 1.165) is 0 Å². The zero-order valence-corrected chi connectivity index (χ0v) is 15.8. The number of rotatable bonds is 0. The largest absolute Gasteiger partial charge is 2.00 e. The first-order valence-electron chi connectivity index (χ1n) is 5.70. The fraction of sp³-hybridized carbons (Fsp3) is 0.533. The van der Waals surface area contributed by atoms with Crippen LogP contribution in [0, 0.1) is 38.5 Å². The van der Waals surface area contributed by atoms with Crippen molar-refractivity contribution in [2.24, 2.45) is 0 Å². The molecule has 17 heavy (non-hydrogen) atoms. The first-order valence-corrected chi connectivity index (χ1v) is 5.70. The minimum atomic E-state index is 0. The molecule has 0 aliphatic heterocycles. The molecule has 1 nitrogen and oxygen atoms in total. The minimum Gasteiger partial charge on any atom is -0.699 e. The predicted molar refractivity (Wildman–Crippen MR) is 72.1 cm³/mol. The van der Waals surface area contributed by atoms with Crippen molar-refractivity contribution in [3.8, 4) is 0 Å². The van der Waals surface area contributed by atoms with E-state index in [9.17, 15) is 0 Å². The topological polar surface area (TPSA) is 23.8 Å². The quantitative estimate of drug-likeness (QED) is 0.482. The Balaban J connectivity index is 0.00000128. The Morgan fingerprint density at radius 2 is 1.41 bits per heavy atom. The van der Waals surface area contributed by atoms with Crippen molar-refractivity contribution >= 4 is 5.69 Å². The van der Waals surface area contributed by atoms with Gasteiger partial charge in [-0.25, -0.2) is 0 Å². The normalized spacial score (nSPS) is 19.5. The minimum absolute atomic E-state index is 0. The SMILES string of the molecule is CC1(C)CCC(C)(C)c2cc([NH-])ccc21.[CH3-].[U+2]. The predicted octanol–water partition coefficient (Wildman–Crippen LogP) is 5.17. The smallest absolute Gasteiger partial charge is 0.699 e. The van der Waals surface area contributed by atoms with Crippen LogP contribution in [0.3, 0.4) is 0 Å². The van der Waals surface area contributed by atoms with E-state index in [2.05, 4.69) is 39.8 Å². The molecular weight excluding hydrogens is 432 g/mol. The zero-order valence-electron chi connectivity index (χ0n) is 11.6. The Kier molecular flexibility index (Phi) is 5.39. The maximum atomic E-state index is 7.74. The molecule has 1 aromatic carbocycles. The van der Waals surface area contributed by atoms with Crippen LogP contribution >= 0.6 is 0 Å². The first-order chi connectivity index (χ1) is 6.83. The molecule has 0 radical (unpaired) electrons. The van der Waals surface area contributed by atoms with Crippen LogP contribution in [0.4, 0.5) is 5.69 Å². The van der Waals surface area contributed by atoms with E-state index in [4.69, 9.17) is 5.73 Å². The van der Waals surface area contributed by atoms with Crippen molar-refractivity contribution in [1.82, 2.24) is 0 Å². The van der Waals surface area contributed by atoms with E-state index >= 15 is 0 Å². The molecule has 0 spiro atoms. The second kappa shape index (κ2) is 5.37. The monoisotopic (exact) mass is 455 g/mol. The molecule has 0 fully saturated rings. The number of nitrogens with one attached hydrogen (secondary N) is 1. The Morgan fingerprint density at radius 3 is 1.94 bits per heavy atom. The summed E-state index contributed by atoms with van der Waals surface area (Å²) in [7, 11) is 0. The summed E-state index contributed by atoms with van der Waals surface area (Å²) in [5.41, 5.74) is 11.7.